The Morgan fingerprint density at radius 1 is 1.26 bits per heavy atom. The van der Waals surface area contributed by atoms with E-state index in [2.05, 4.69) is 20.8 Å². The molecule has 2 rings (SSSR count). The minimum atomic E-state index is -0.947. The van der Waals surface area contributed by atoms with Gasteiger partial charge in [0.05, 0.1) is 0 Å². The van der Waals surface area contributed by atoms with Crippen LogP contribution in [0.1, 0.15) is 46.1 Å². The fraction of sp³-hybridized carbons (Fsp3) is 0.556. The molecule has 1 aliphatic heterocycles. The number of ether oxygens (including phenoxy) is 1. The Hall–Kier alpha value is -2.04. The molecule has 1 saturated heterocycles. The van der Waals surface area contributed by atoms with Crippen LogP contribution in [0.25, 0.3) is 0 Å². The van der Waals surface area contributed by atoms with E-state index in [0.717, 1.165) is 6.42 Å². The third kappa shape index (κ3) is 4.03. The summed E-state index contributed by atoms with van der Waals surface area (Å²) >= 11 is 0. The van der Waals surface area contributed by atoms with Gasteiger partial charge in [-0.25, -0.2) is 4.79 Å². The van der Waals surface area contributed by atoms with E-state index >= 15 is 0 Å². The molecule has 1 amide bonds. The number of hydrogen-bond donors (Lipinski definition) is 1. The number of nitrogens with zero attached hydrogens (tertiary/aromatic N) is 1. The first kappa shape index (κ1) is 17.3. The van der Waals surface area contributed by atoms with Gasteiger partial charge in [0.2, 0.25) is 0 Å². The lowest BCUT2D eigenvalue weighted by molar-refractivity contribution is -0.150. The van der Waals surface area contributed by atoms with E-state index in [0.29, 0.717) is 18.7 Å². The van der Waals surface area contributed by atoms with Crippen LogP contribution >= 0.6 is 0 Å². The second kappa shape index (κ2) is 6.60. The van der Waals surface area contributed by atoms with Crippen molar-refractivity contribution < 1.29 is 19.4 Å². The molecule has 1 aromatic carbocycles. The van der Waals surface area contributed by atoms with E-state index in [1.54, 1.807) is 6.92 Å². The number of carbonyl (C=O) groups is 2. The summed E-state index contributed by atoms with van der Waals surface area (Å²) in [7, 11) is 0. The van der Waals surface area contributed by atoms with E-state index < -0.39 is 18.1 Å². The van der Waals surface area contributed by atoms with Crippen molar-refractivity contribution >= 4 is 11.9 Å². The first-order chi connectivity index (χ1) is 10.7. The molecule has 1 heterocycles. The largest absolute Gasteiger partial charge is 0.481 e. The fourth-order valence-corrected chi connectivity index (χ4v) is 2.81. The van der Waals surface area contributed by atoms with Gasteiger partial charge in [0.15, 0.2) is 6.10 Å². The molecule has 1 aliphatic rings. The summed E-state index contributed by atoms with van der Waals surface area (Å²) < 4.78 is 5.70. The molecule has 5 nitrogen and oxygen atoms in total. The molecule has 0 bridgehead atoms. The number of hydrogen-bond acceptors (Lipinski definition) is 3. The highest BCUT2D eigenvalue weighted by molar-refractivity contribution is 5.87. The lowest BCUT2D eigenvalue weighted by Gasteiger charge is -2.25. The highest BCUT2D eigenvalue weighted by Gasteiger charge is 2.36. The lowest BCUT2D eigenvalue weighted by Crippen LogP contribution is -2.46. The average molecular weight is 319 g/mol. The Labute approximate surface area is 137 Å². The molecule has 2 atom stereocenters. The zero-order valence-electron chi connectivity index (χ0n) is 14.2. The molecule has 0 radical (unpaired) electrons. The Kier molecular flexibility index (Phi) is 4.97. The summed E-state index contributed by atoms with van der Waals surface area (Å²) in [5.74, 6) is -0.600. The normalized spacial score (nSPS) is 19.5. The highest BCUT2D eigenvalue weighted by atomic mass is 16.5. The Bertz CT molecular complexity index is 574. The van der Waals surface area contributed by atoms with Crippen LogP contribution in [0, 0.1) is 0 Å². The summed E-state index contributed by atoms with van der Waals surface area (Å²) in [5, 5.41) is 9.18. The maximum Gasteiger partial charge on any atom is 0.326 e. The minimum absolute atomic E-state index is 0.0597. The molecule has 126 valence electrons. The Balaban J connectivity index is 2.02. The summed E-state index contributed by atoms with van der Waals surface area (Å²) in [6.45, 7) is 8.54. The number of carbonyl (C=O) groups excluding carboxylic acids is 1. The minimum Gasteiger partial charge on any atom is -0.481 e. The van der Waals surface area contributed by atoms with E-state index in [-0.39, 0.29) is 11.3 Å². The van der Waals surface area contributed by atoms with Crippen LogP contribution < -0.4 is 4.74 Å². The quantitative estimate of drug-likeness (QED) is 0.926. The van der Waals surface area contributed by atoms with E-state index in [1.807, 2.05) is 24.3 Å². The number of amides is 1. The molecule has 5 heteroatoms. The number of rotatable bonds is 4. The van der Waals surface area contributed by atoms with Gasteiger partial charge in [0, 0.05) is 6.54 Å². The van der Waals surface area contributed by atoms with Gasteiger partial charge in [-0.3, -0.25) is 4.79 Å². The van der Waals surface area contributed by atoms with Crippen molar-refractivity contribution in [2.24, 2.45) is 0 Å². The molecule has 0 aliphatic carbocycles. The zero-order valence-corrected chi connectivity index (χ0v) is 14.2. The number of carboxylic acid groups (broad SMARTS) is 1. The van der Waals surface area contributed by atoms with Crippen molar-refractivity contribution in [1.29, 1.82) is 0 Å². The van der Waals surface area contributed by atoms with Crippen molar-refractivity contribution in [2.75, 3.05) is 6.54 Å². The van der Waals surface area contributed by atoms with Gasteiger partial charge >= 0.3 is 5.97 Å². The van der Waals surface area contributed by atoms with E-state index in [1.165, 1.54) is 10.5 Å². The number of benzene rings is 1. The molecule has 0 aromatic heterocycles. The smallest absolute Gasteiger partial charge is 0.326 e. The molecule has 1 N–H and O–H groups in total. The van der Waals surface area contributed by atoms with Gasteiger partial charge in [-0.1, -0.05) is 32.9 Å². The maximum atomic E-state index is 12.4. The third-order valence-corrected chi connectivity index (χ3v) is 4.20. The van der Waals surface area contributed by atoms with Crippen molar-refractivity contribution in [1.82, 2.24) is 4.90 Å². The van der Waals surface area contributed by atoms with Crippen LogP contribution in [-0.2, 0) is 15.0 Å². The van der Waals surface area contributed by atoms with Crippen molar-refractivity contribution in [2.45, 2.75) is 58.1 Å². The van der Waals surface area contributed by atoms with Gasteiger partial charge in [-0.2, -0.15) is 0 Å². The van der Waals surface area contributed by atoms with E-state index in [9.17, 15) is 14.7 Å². The first-order valence-electron chi connectivity index (χ1n) is 8.00. The van der Waals surface area contributed by atoms with Crippen molar-refractivity contribution in [3.8, 4) is 5.75 Å². The maximum absolute atomic E-state index is 12.4. The standard InChI is InChI=1S/C18H25NO4/c1-12(16(20)19-11-5-6-15(19)17(21)22)23-14-9-7-13(8-10-14)18(2,3)4/h7-10,12,15H,5-6,11H2,1-4H3,(H,21,22)/t12?,15-/m1/s1. The zero-order chi connectivity index (χ0) is 17.2. The average Bonchev–Trinajstić information content (AvgIpc) is 2.95. The lowest BCUT2D eigenvalue weighted by atomic mass is 9.87. The van der Waals surface area contributed by atoms with Crippen LogP contribution in [0.5, 0.6) is 5.75 Å². The molecular formula is C18H25NO4. The molecule has 1 fully saturated rings. The summed E-state index contributed by atoms with van der Waals surface area (Å²) in [5.41, 5.74) is 1.25. The van der Waals surface area contributed by atoms with Gasteiger partial charge < -0.3 is 14.7 Å². The van der Waals surface area contributed by atoms with Crippen molar-refractivity contribution in [3.05, 3.63) is 29.8 Å². The third-order valence-electron chi connectivity index (χ3n) is 4.20. The van der Waals surface area contributed by atoms with Crippen LogP contribution in [-0.4, -0.2) is 40.6 Å². The molecule has 23 heavy (non-hydrogen) atoms. The monoisotopic (exact) mass is 319 g/mol. The van der Waals surface area contributed by atoms with Gasteiger partial charge in [0.1, 0.15) is 11.8 Å². The summed E-state index contributed by atoms with van der Waals surface area (Å²) in [4.78, 5) is 25.0. The topological polar surface area (TPSA) is 66.8 Å². The molecular weight excluding hydrogens is 294 g/mol. The van der Waals surface area contributed by atoms with Crippen LogP contribution in [0.4, 0.5) is 0 Å². The van der Waals surface area contributed by atoms with Crippen LogP contribution in [0.2, 0.25) is 0 Å². The second-order valence-corrected chi connectivity index (χ2v) is 7.06. The number of aliphatic carboxylic acids is 1. The van der Waals surface area contributed by atoms with Crippen molar-refractivity contribution in [3.63, 3.8) is 0 Å². The number of likely N-dealkylation sites (tertiary alicyclic amines) is 1. The van der Waals surface area contributed by atoms with Crippen LogP contribution in [0.15, 0.2) is 24.3 Å². The van der Waals surface area contributed by atoms with Crippen LogP contribution in [0.3, 0.4) is 0 Å². The summed E-state index contributed by atoms with van der Waals surface area (Å²) in [6, 6.07) is 6.95. The second-order valence-electron chi connectivity index (χ2n) is 7.06. The van der Waals surface area contributed by atoms with Gasteiger partial charge in [-0.05, 0) is 42.9 Å². The molecule has 0 saturated carbocycles. The Morgan fingerprint density at radius 2 is 1.87 bits per heavy atom. The van der Waals surface area contributed by atoms with E-state index in [4.69, 9.17) is 4.74 Å². The molecule has 1 unspecified atom stereocenters. The van der Waals surface area contributed by atoms with Gasteiger partial charge in [0.25, 0.3) is 5.91 Å². The Morgan fingerprint density at radius 3 is 2.39 bits per heavy atom. The SMILES string of the molecule is CC(Oc1ccc(C(C)(C)C)cc1)C(=O)N1CCC[C@@H]1C(=O)O. The first-order valence-corrected chi connectivity index (χ1v) is 8.00. The highest BCUT2D eigenvalue weighted by Crippen LogP contribution is 2.25. The molecule has 0 spiro atoms. The predicted octanol–water partition coefficient (Wildman–Crippen LogP) is 2.83. The molecule has 1 aromatic rings. The fourth-order valence-electron chi connectivity index (χ4n) is 2.81. The number of carboxylic acids is 1. The summed E-state index contributed by atoms with van der Waals surface area (Å²) in [6.07, 6.45) is 0.527. The van der Waals surface area contributed by atoms with Gasteiger partial charge in [-0.15, -0.1) is 0 Å². The predicted molar refractivity (Wildman–Crippen MR) is 87.6 cm³/mol.